The molecule has 4 N–H and O–H groups in total. The summed E-state index contributed by atoms with van der Waals surface area (Å²) in [4.78, 5) is 0. The Labute approximate surface area is 43.8 Å². The average Bonchev–Trinajstić information content (AvgIpc) is 0. The number of hydrogen-bond acceptors (Lipinski definition) is 0. The summed E-state index contributed by atoms with van der Waals surface area (Å²) in [6, 6.07) is 0. The second kappa shape index (κ2) is 42.3. The van der Waals surface area contributed by atoms with Crippen molar-refractivity contribution in [1.82, 2.24) is 0 Å². The van der Waals surface area contributed by atoms with E-state index in [1.165, 1.54) is 0 Å². The van der Waals surface area contributed by atoms with Gasteiger partial charge < -0.3 is 11.0 Å². The van der Waals surface area contributed by atoms with Crippen molar-refractivity contribution < 1.29 is 11.0 Å². The Bertz CT molecular complexity index is 6.00. The third-order valence-electron chi connectivity index (χ3n) is 0. The van der Waals surface area contributed by atoms with Crippen LogP contribution in [0.3, 0.4) is 0 Å². The molecular weight excluding hydrogens is 71.0 g/mol. The molecule has 4 heavy (non-hydrogen) atoms. The van der Waals surface area contributed by atoms with Crippen molar-refractivity contribution in [1.29, 1.82) is 0 Å². The smallest absolute Gasteiger partial charge is 0 e. The van der Waals surface area contributed by atoms with Gasteiger partial charge in [-0.25, -0.2) is 0 Å². The zero-order valence-electron chi connectivity index (χ0n) is 2.50. The monoisotopic (exact) mass is 77.0 g/mol. The van der Waals surface area contributed by atoms with Crippen molar-refractivity contribution in [2.45, 2.75) is 0 Å². The van der Waals surface area contributed by atoms with E-state index >= 15 is 0 Å². The summed E-state index contributed by atoms with van der Waals surface area (Å²) in [6.45, 7) is 0. The zero-order valence-corrected chi connectivity index (χ0v) is 3.50. The van der Waals surface area contributed by atoms with Crippen molar-refractivity contribution in [2.75, 3.05) is 0 Å². The Kier molecular flexibility index (Phi) is 1020. The summed E-state index contributed by atoms with van der Waals surface area (Å²) in [5.74, 6) is 0. The molecule has 0 aromatic rings. The standard InChI is InChI=1S/Li.2H2O.H2S/h;3*1H2. The van der Waals surface area contributed by atoms with Crippen LogP contribution in [0.2, 0.25) is 0 Å². The Hall–Kier alpha value is 0.867. The van der Waals surface area contributed by atoms with Gasteiger partial charge in [0.1, 0.15) is 0 Å². The molecule has 0 saturated carbocycles. The zero-order chi connectivity index (χ0) is 0. The Morgan fingerprint density at radius 2 is 0.750 bits per heavy atom. The summed E-state index contributed by atoms with van der Waals surface area (Å²) in [6.07, 6.45) is 0. The Balaban J connectivity index is 0. The average molecular weight is 77.1 g/mol. The van der Waals surface area contributed by atoms with Crippen molar-refractivity contribution in [3.63, 3.8) is 0 Å². The van der Waals surface area contributed by atoms with Gasteiger partial charge in [0.25, 0.3) is 0 Å². The van der Waals surface area contributed by atoms with Crippen LogP contribution in [0.4, 0.5) is 0 Å². The predicted octanol–water partition coefficient (Wildman–Crippen LogP) is -1.92. The van der Waals surface area contributed by atoms with E-state index < -0.39 is 0 Å². The van der Waals surface area contributed by atoms with Crippen LogP contribution >= 0.6 is 13.5 Å². The van der Waals surface area contributed by atoms with Crippen LogP contribution < -0.4 is 0 Å². The summed E-state index contributed by atoms with van der Waals surface area (Å²) < 4.78 is 0. The van der Waals surface area contributed by atoms with E-state index in [1.807, 2.05) is 0 Å². The largest absolute Gasteiger partial charge is 0.412 e. The Morgan fingerprint density at radius 3 is 0.750 bits per heavy atom. The summed E-state index contributed by atoms with van der Waals surface area (Å²) >= 11 is 0. The van der Waals surface area contributed by atoms with Gasteiger partial charge in [-0.1, -0.05) is 0 Å². The number of hydrogen-bond donors (Lipinski definition) is 0. The van der Waals surface area contributed by atoms with Gasteiger partial charge in [0.15, 0.2) is 0 Å². The van der Waals surface area contributed by atoms with E-state index in [-0.39, 0.29) is 43.3 Å². The first-order valence-electron chi connectivity index (χ1n) is 0. The molecule has 2 nitrogen and oxygen atoms in total. The summed E-state index contributed by atoms with van der Waals surface area (Å²) in [5, 5.41) is 0. The van der Waals surface area contributed by atoms with Gasteiger partial charge in [-0.05, 0) is 0 Å². The maximum absolute atomic E-state index is 0. The first-order chi connectivity index (χ1) is 0. The minimum absolute atomic E-state index is 0. The molecule has 4 heteroatoms. The topological polar surface area (TPSA) is 63.0 Å². The predicted molar refractivity (Wildman–Crippen MR) is 23.4 cm³/mol. The molecule has 0 aromatic carbocycles. The van der Waals surface area contributed by atoms with E-state index in [0.29, 0.717) is 0 Å². The third-order valence-corrected chi connectivity index (χ3v) is 0. The summed E-state index contributed by atoms with van der Waals surface area (Å²) in [5.41, 5.74) is 0. The van der Waals surface area contributed by atoms with Gasteiger partial charge in [0.05, 0.1) is 0 Å². The maximum Gasteiger partial charge on any atom is 0 e. The van der Waals surface area contributed by atoms with Crippen LogP contribution in [0.1, 0.15) is 0 Å². The minimum Gasteiger partial charge on any atom is -0.412 e. The first kappa shape index (κ1) is 96.8. The molecule has 0 aliphatic rings. The van der Waals surface area contributed by atoms with Crippen LogP contribution in [0.25, 0.3) is 0 Å². The maximum atomic E-state index is 0. The fraction of sp³-hybridized carbons (Fsp3) is 0. The molecule has 0 bridgehead atoms. The van der Waals surface area contributed by atoms with E-state index in [4.69, 9.17) is 0 Å². The van der Waals surface area contributed by atoms with Crippen LogP contribution in [0.15, 0.2) is 0 Å². The molecular formula is H6LiO2S. The molecule has 25 valence electrons. The van der Waals surface area contributed by atoms with Crippen molar-refractivity contribution >= 4 is 32.4 Å². The molecule has 1 radical (unpaired) electrons. The van der Waals surface area contributed by atoms with E-state index in [0.717, 1.165) is 0 Å². The van der Waals surface area contributed by atoms with E-state index in [1.54, 1.807) is 0 Å². The second-order valence-corrected chi connectivity index (χ2v) is 0. The minimum atomic E-state index is 0. The van der Waals surface area contributed by atoms with E-state index in [9.17, 15) is 0 Å². The fourth-order valence-electron chi connectivity index (χ4n) is 0. The molecule has 0 spiro atoms. The molecule has 0 unspecified atom stereocenters. The van der Waals surface area contributed by atoms with Crippen molar-refractivity contribution in [3.8, 4) is 0 Å². The third kappa shape index (κ3) is 13.3. The van der Waals surface area contributed by atoms with Crippen molar-refractivity contribution in [2.24, 2.45) is 0 Å². The molecule has 0 aliphatic heterocycles. The van der Waals surface area contributed by atoms with Crippen molar-refractivity contribution in [3.05, 3.63) is 0 Å². The molecule has 0 saturated heterocycles. The van der Waals surface area contributed by atoms with Gasteiger partial charge >= 0.3 is 0 Å². The molecule has 0 fully saturated rings. The number of rotatable bonds is 0. The second-order valence-electron chi connectivity index (χ2n) is 0. The van der Waals surface area contributed by atoms with Gasteiger partial charge in [-0.2, -0.15) is 13.5 Å². The van der Waals surface area contributed by atoms with Gasteiger partial charge in [-0.15, -0.1) is 0 Å². The first-order valence-corrected chi connectivity index (χ1v) is 0. The normalized spacial score (nSPS) is 0. The van der Waals surface area contributed by atoms with Crippen LogP contribution in [0, 0.1) is 0 Å². The van der Waals surface area contributed by atoms with Crippen LogP contribution in [-0.2, 0) is 0 Å². The Morgan fingerprint density at radius 1 is 0.750 bits per heavy atom. The fourth-order valence-corrected chi connectivity index (χ4v) is 0. The molecule has 0 aliphatic carbocycles. The van der Waals surface area contributed by atoms with Gasteiger partial charge in [0.2, 0.25) is 0 Å². The molecule has 0 heterocycles. The molecule has 0 amide bonds. The van der Waals surface area contributed by atoms with Crippen LogP contribution in [-0.4, -0.2) is 29.8 Å². The molecule has 0 aromatic heterocycles. The molecule has 0 atom stereocenters. The van der Waals surface area contributed by atoms with Crippen LogP contribution in [0.5, 0.6) is 0 Å². The summed E-state index contributed by atoms with van der Waals surface area (Å²) in [7, 11) is 0. The quantitative estimate of drug-likeness (QED) is 0.303. The van der Waals surface area contributed by atoms with Gasteiger partial charge in [-0.3, -0.25) is 0 Å². The van der Waals surface area contributed by atoms with Gasteiger partial charge in [0, 0.05) is 18.9 Å². The van der Waals surface area contributed by atoms with E-state index in [2.05, 4.69) is 0 Å². The SMILES string of the molecule is O.O.S.[Li]. The molecule has 0 rings (SSSR count).